The van der Waals surface area contributed by atoms with Crippen molar-refractivity contribution in [3.63, 3.8) is 0 Å². The number of nitrogens with one attached hydrogen (secondary N) is 1. The van der Waals surface area contributed by atoms with Crippen LogP contribution in [0, 0.1) is 0 Å². The minimum atomic E-state index is -3.36. The van der Waals surface area contributed by atoms with E-state index in [-0.39, 0.29) is 5.91 Å². The molecular formula is C17H18N2O5S. The summed E-state index contributed by atoms with van der Waals surface area (Å²) < 4.78 is 28.7. The molecule has 0 radical (unpaired) electrons. The third-order valence-electron chi connectivity index (χ3n) is 3.55. The topological polar surface area (TPSA) is 92.8 Å². The van der Waals surface area contributed by atoms with Crippen molar-refractivity contribution < 1.29 is 22.7 Å². The van der Waals surface area contributed by atoms with Crippen LogP contribution in [0.1, 0.15) is 20.7 Å². The molecule has 0 aliphatic carbocycles. The van der Waals surface area contributed by atoms with Gasteiger partial charge in [0.1, 0.15) is 0 Å². The van der Waals surface area contributed by atoms with Crippen LogP contribution in [-0.2, 0) is 14.8 Å². The molecule has 2 rings (SSSR count). The van der Waals surface area contributed by atoms with Crippen LogP contribution in [0.5, 0.6) is 0 Å². The first-order valence-electron chi connectivity index (χ1n) is 7.26. The molecule has 0 fully saturated rings. The maximum absolute atomic E-state index is 12.2. The maximum Gasteiger partial charge on any atom is 0.337 e. The number of ether oxygens (including phenoxy) is 1. The average Bonchev–Trinajstić information content (AvgIpc) is 2.60. The minimum Gasteiger partial charge on any atom is -0.465 e. The molecule has 8 heteroatoms. The summed E-state index contributed by atoms with van der Waals surface area (Å²) in [7, 11) is -0.624. The van der Waals surface area contributed by atoms with E-state index in [4.69, 9.17) is 0 Å². The van der Waals surface area contributed by atoms with Crippen LogP contribution in [0.4, 0.5) is 11.4 Å². The number of carbonyl (C=O) groups is 2. The standard InChI is InChI=1S/C17H18N2O5S/c1-19(25(3,22)23)15-10-6-12(7-11-15)16(20)18-14-8-4-13(5-9-14)17(21)24-2/h4-11H,1-3H3,(H,18,20). The normalized spacial score (nSPS) is 10.8. The second kappa shape index (κ2) is 7.35. The molecule has 0 spiro atoms. The first-order chi connectivity index (χ1) is 11.7. The second-order valence-electron chi connectivity index (χ2n) is 5.30. The Balaban J connectivity index is 2.09. The number of esters is 1. The fraction of sp³-hybridized carbons (Fsp3) is 0.176. The molecule has 0 aliphatic rings. The number of anilines is 2. The van der Waals surface area contributed by atoms with Crippen LogP contribution in [-0.4, -0.2) is 40.7 Å². The number of nitrogens with zero attached hydrogens (tertiary/aromatic N) is 1. The molecule has 2 aromatic carbocycles. The molecule has 0 atom stereocenters. The molecule has 7 nitrogen and oxygen atoms in total. The van der Waals surface area contributed by atoms with Gasteiger partial charge in [0.15, 0.2) is 0 Å². The van der Waals surface area contributed by atoms with Crippen LogP contribution in [0.15, 0.2) is 48.5 Å². The Labute approximate surface area is 146 Å². The van der Waals surface area contributed by atoms with Gasteiger partial charge in [-0.25, -0.2) is 13.2 Å². The van der Waals surface area contributed by atoms with Crippen molar-refractivity contribution in [3.05, 3.63) is 59.7 Å². The second-order valence-corrected chi connectivity index (χ2v) is 7.31. The summed E-state index contributed by atoms with van der Waals surface area (Å²) in [4.78, 5) is 23.6. The number of amides is 1. The van der Waals surface area contributed by atoms with E-state index in [1.165, 1.54) is 26.3 Å². The summed E-state index contributed by atoms with van der Waals surface area (Å²) in [5, 5.41) is 2.70. The molecule has 0 heterocycles. The predicted octanol–water partition coefficient (Wildman–Crippen LogP) is 2.12. The number of benzene rings is 2. The zero-order valence-corrected chi connectivity index (χ0v) is 14.8. The Morgan fingerprint density at radius 2 is 1.48 bits per heavy atom. The van der Waals surface area contributed by atoms with Gasteiger partial charge in [0, 0.05) is 18.3 Å². The van der Waals surface area contributed by atoms with Crippen molar-refractivity contribution in [1.29, 1.82) is 0 Å². The van der Waals surface area contributed by atoms with Crippen molar-refractivity contribution in [2.24, 2.45) is 0 Å². The fourth-order valence-electron chi connectivity index (χ4n) is 2.02. The van der Waals surface area contributed by atoms with Crippen molar-refractivity contribution in [3.8, 4) is 0 Å². The lowest BCUT2D eigenvalue weighted by Gasteiger charge is -2.16. The number of rotatable bonds is 5. The van der Waals surface area contributed by atoms with Crippen LogP contribution in [0.25, 0.3) is 0 Å². The monoisotopic (exact) mass is 362 g/mol. The summed E-state index contributed by atoms with van der Waals surface area (Å²) in [5.74, 6) is -0.803. The van der Waals surface area contributed by atoms with Gasteiger partial charge in [0.2, 0.25) is 10.0 Å². The van der Waals surface area contributed by atoms with E-state index in [1.54, 1.807) is 36.4 Å². The van der Waals surface area contributed by atoms with Gasteiger partial charge in [0.25, 0.3) is 5.91 Å². The van der Waals surface area contributed by atoms with Crippen molar-refractivity contribution in [2.75, 3.05) is 30.0 Å². The Morgan fingerprint density at radius 1 is 0.960 bits per heavy atom. The Kier molecular flexibility index (Phi) is 5.43. The highest BCUT2D eigenvalue weighted by molar-refractivity contribution is 7.92. The molecular weight excluding hydrogens is 344 g/mol. The van der Waals surface area contributed by atoms with Gasteiger partial charge < -0.3 is 10.1 Å². The van der Waals surface area contributed by atoms with Crippen molar-refractivity contribution >= 4 is 33.3 Å². The molecule has 1 amide bonds. The minimum absolute atomic E-state index is 0.348. The molecule has 0 aromatic heterocycles. The lowest BCUT2D eigenvalue weighted by atomic mass is 10.1. The van der Waals surface area contributed by atoms with E-state index in [1.807, 2.05) is 0 Å². The first-order valence-corrected chi connectivity index (χ1v) is 9.11. The molecule has 2 aromatic rings. The summed E-state index contributed by atoms with van der Waals surface area (Å²) >= 11 is 0. The van der Waals surface area contributed by atoms with Gasteiger partial charge in [-0.3, -0.25) is 9.10 Å². The average molecular weight is 362 g/mol. The Bertz CT molecular complexity index is 874. The molecule has 0 saturated carbocycles. The molecule has 0 unspecified atom stereocenters. The molecule has 0 saturated heterocycles. The molecule has 1 N–H and O–H groups in total. The van der Waals surface area contributed by atoms with E-state index in [2.05, 4.69) is 10.1 Å². The Hall–Kier alpha value is -2.87. The third kappa shape index (κ3) is 4.57. The highest BCUT2D eigenvalue weighted by Crippen LogP contribution is 2.17. The van der Waals surface area contributed by atoms with E-state index in [0.717, 1.165) is 10.6 Å². The van der Waals surface area contributed by atoms with Gasteiger partial charge in [-0.2, -0.15) is 0 Å². The lowest BCUT2D eigenvalue weighted by molar-refractivity contribution is 0.0600. The largest absolute Gasteiger partial charge is 0.465 e. The van der Waals surface area contributed by atoms with Crippen LogP contribution in [0.2, 0.25) is 0 Å². The highest BCUT2D eigenvalue weighted by atomic mass is 32.2. The number of hydrogen-bond donors (Lipinski definition) is 1. The van der Waals surface area contributed by atoms with Gasteiger partial charge in [-0.1, -0.05) is 0 Å². The zero-order chi connectivity index (χ0) is 18.6. The summed E-state index contributed by atoms with van der Waals surface area (Å²) in [5.41, 5.74) is 1.74. The lowest BCUT2D eigenvalue weighted by Crippen LogP contribution is -2.24. The van der Waals surface area contributed by atoms with Crippen LogP contribution >= 0.6 is 0 Å². The van der Waals surface area contributed by atoms with Crippen molar-refractivity contribution in [2.45, 2.75) is 0 Å². The number of hydrogen-bond acceptors (Lipinski definition) is 5. The number of carbonyl (C=O) groups excluding carboxylic acids is 2. The highest BCUT2D eigenvalue weighted by Gasteiger charge is 2.13. The summed E-state index contributed by atoms with van der Waals surface area (Å²) in [6, 6.07) is 12.5. The third-order valence-corrected chi connectivity index (χ3v) is 4.76. The van der Waals surface area contributed by atoms with E-state index < -0.39 is 16.0 Å². The van der Waals surface area contributed by atoms with Gasteiger partial charge in [-0.05, 0) is 48.5 Å². The number of methoxy groups -OCH3 is 1. The van der Waals surface area contributed by atoms with E-state index >= 15 is 0 Å². The summed E-state index contributed by atoms with van der Waals surface area (Å²) in [6.45, 7) is 0. The smallest absolute Gasteiger partial charge is 0.337 e. The van der Waals surface area contributed by atoms with E-state index in [9.17, 15) is 18.0 Å². The maximum atomic E-state index is 12.2. The molecule has 132 valence electrons. The van der Waals surface area contributed by atoms with Crippen molar-refractivity contribution in [1.82, 2.24) is 0 Å². The van der Waals surface area contributed by atoms with Crippen LogP contribution in [0.3, 0.4) is 0 Å². The van der Waals surface area contributed by atoms with Gasteiger partial charge in [-0.15, -0.1) is 0 Å². The van der Waals surface area contributed by atoms with Crippen LogP contribution < -0.4 is 9.62 Å². The van der Waals surface area contributed by atoms with E-state index in [0.29, 0.717) is 22.5 Å². The fourth-order valence-corrected chi connectivity index (χ4v) is 2.53. The molecule has 0 bridgehead atoms. The summed E-state index contributed by atoms with van der Waals surface area (Å²) in [6.07, 6.45) is 1.10. The predicted molar refractivity (Wildman–Crippen MR) is 95.4 cm³/mol. The first kappa shape index (κ1) is 18.5. The zero-order valence-electron chi connectivity index (χ0n) is 14.0. The Morgan fingerprint density at radius 3 is 1.96 bits per heavy atom. The molecule has 0 aliphatic heterocycles. The number of sulfonamides is 1. The quantitative estimate of drug-likeness (QED) is 0.823. The van der Waals surface area contributed by atoms with Gasteiger partial charge in [0.05, 0.1) is 24.6 Å². The SMILES string of the molecule is COC(=O)c1ccc(NC(=O)c2ccc(N(C)S(C)(=O)=O)cc2)cc1. The molecule has 25 heavy (non-hydrogen) atoms. The van der Waals surface area contributed by atoms with Gasteiger partial charge >= 0.3 is 5.97 Å².